The highest BCUT2D eigenvalue weighted by molar-refractivity contribution is 5.42. The Hall–Kier alpha value is -0.970. The Kier molecular flexibility index (Phi) is 4.16. The summed E-state index contributed by atoms with van der Waals surface area (Å²) in [5.74, 6) is -0.119. The fraction of sp³-hybridized carbons (Fsp3) is 0.684. The van der Waals surface area contributed by atoms with Gasteiger partial charge in [0, 0.05) is 24.7 Å². The maximum atomic E-state index is 13.9. The lowest BCUT2D eigenvalue weighted by Gasteiger charge is -2.42. The zero-order chi connectivity index (χ0) is 15.9. The molecule has 0 amide bonds. The minimum absolute atomic E-state index is 0.104. The standard InChI is InChI=1S/C19H26FNO2/c1-2-23-18-12-19(17-11-14(20)3-4-16(17)18)6-8-21(9-7-19)15-5-10-22-13-15/h3-4,11,15,18H,2,5-10,12-13H2,1H3/t15-,18-/m0/s1. The molecule has 0 N–H and O–H groups in total. The number of rotatable bonds is 3. The Balaban J connectivity index is 1.56. The van der Waals surface area contributed by atoms with E-state index in [-0.39, 0.29) is 17.3 Å². The third-order valence-electron chi connectivity index (χ3n) is 6.05. The Morgan fingerprint density at radius 3 is 2.87 bits per heavy atom. The minimum atomic E-state index is -0.119. The summed E-state index contributed by atoms with van der Waals surface area (Å²) in [5, 5.41) is 0. The van der Waals surface area contributed by atoms with Crippen LogP contribution < -0.4 is 0 Å². The van der Waals surface area contributed by atoms with Crippen molar-refractivity contribution in [3.05, 3.63) is 35.1 Å². The van der Waals surface area contributed by atoms with Gasteiger partial charge in [-0.25, -0.2) is 4.39 Å². The van der Waals surface area contributed by atoms with Gasteiger partial charge in [0.05, 0.1) is 12.7 Å². The molecule has 0 saturated carbocycles. The highest BCUT2D eigenvalue weighted by Gasteiger charge is 2.46. The summed E-state index contributed by atoms with van der Waals surface area (Å²) in [6, 6.07) is 5.87. The molecule has 1 aromatic rings. The molecule has 3 nitrogen and oxygen atoms in total. The van der Waals surface area contributed by atoms with Gasteiger partial charge < -0.3 is 9.47 Å². The largest absolute Gasteiger partial charge is 0.380 e. The molecule has 2 fully saturated rings. The van der Waals surface area contributed by atoms with Crippen LogP contribution in [-0.4, -0.2) is 43.9 Å². The van der Waals surface area contributed by atoms with Crippen molar-refractivity contribution >= 4 is 0 Å². The van der Waals surface area contributed by atoms with Crippen LogP contribution in [-0.2, 0) is 14.9 Å². The smallest absolute Gasteiger partial charge is 0.123 e. The van der Waals surface area contributed by atoms with Crippen LogP contribution in [0.5, 0.6) is 0 Å². The SMILES string of the molecule is CCO[C@H]1CC2(CCN([C@H]3CCOC3)CC2)c2cc(F)ccc21. The molecule has 2 heterocycles. The number of halogens is 1. The van der Waals surface area contributed by atoms with Crippen molar-refractivity contribution in [2.24, 2.45) is 0 Å². The molecule has 23 heavy (non-hydrogen) atoms. The molecule has 1 aromatic carbocycles. The van der Waals surface area contributed by atoms with Crippen molar-refractivity contribution in [3.8, 4) is 0 Å². The molecule has 0 radical (unpaired) electrons. The average molecular weight is 319 g/mol. The van der Waals surface area contributed by atoms with E-state index in [0.717, 1.165) is 52.0 Å². The first kappa shape index (κ1) is 15.6. The second-order valence-electron chi connectivity index (χ2n) is 7.21. The van der Waals surface area contributed by atoms with Gasteiger partial charge in [0.1, 0.15) is 5.82 Å². The number of likely N-dealkylation sites (tertiary alicyclic amines) is 1. The lowest BCUT2D eigenvalue weighted by molar-refractivity contribution is 0.0345. The zero-order valence-corrected chi connectivity index (χ0v) is 13.9. The fourth-order valence-corrected chi connectivity index (χ4v) is 4.79. The van der Waals surface area contributed by atoms with Crippen molar-refractivity contribution in [1.29, 1.82) is 0 Å². The van der Waals surface area contributed by atoms with Crippen LogP contribution in [0.4, 0.5) is 4.39 Å². The third-order valence-corrected chi connectivity index (χ3v) is 6.05. The monoisotopic (exact) mass is 319 g/mol. The maximum absolute atomic E-state index is 13.9. The Bertz CT molecular complexity index is 562. The summed E-state index contributed by atoms with van der Waals surface area (Å²) in [7, 11) is 0. The molecule has 1 aliphatic carbocycles. The summed E-state index contributed by atoms with van der Waals surface area (Å²) in [6.45, 7) is 6.69. The molecule has 2 atom stereocenters. The average Bonchev–Trinajstić information content (AvgIpc) is 3.17. The van der Waals surface area contributed by atoms with Crippen molar-refractivity contribution in [1.82, 2.24) is 4.90 Å². The second-order valence-corrected chi connectivity index (χ2v) is 7.21. The molecule has 4 rings (SSSR count). The van der Waals surface area contributed by atoms with E-state index in [1.54, 1.807) is 12.1 Å². The Morgan fingerprint density at radius 1 is 1.35 bits per heavy atom. The van der Waals surface area contributed by atoms with Crippen molar-refractivity contribution in [2.75, 3.05) is 32.9 Å². The van der Waals surface area contributed by atoms with E-state index in [0.29, 0.717) is 12.6 Å². The van der Waals surface area contributed by atoms with Gasteiger partial charge in [0.2, 0.25) is 0 Å². The van der Waals surface area contributed by atoms with Gasteiger partial charge in [0.25, 0.3) is 0 Å². The molecule has 2 aliphatic heterocycles. The number of piperidine rings is 1. The predicted octanol–water partition coefficient (Wildman–Crippen LogP) is 3.43. The number of hydrogen-bond donors (Lipinski definition) is 0. The van der Waals surface area contributed by atoms with E-state index in [2.05, 4.69) is 4.90 Å². The quantitative estimate of drug-likeness (QED) is 0.852. The number of fused-ring (bicyclic) bond motifs is 2. The van der Waals surface area contributed by atoms with Gasteiger partial charge in [-0.2, -0.15) is 0 Å². The molecule has 0 aromatic heterocycles. The molecular weight excluding hydrogens is 293 g/mol. The van der Waals surface area contributed by atoms with Crippen molar-refractivity contribution in [2.45, 2.75) is 50.2 Å². The molecular formula is C19H26FNO2. The molecule has 126 valence electrons. The summed E-state index contributed by atoms with van der Waals surface area (Å²) < 4.78 is 25.4. The molecule has 0 bridgehead atoms. The normalized spacial score (nSPS) is 30.0. The number of ether oxygens (including phenoxy) is 2. The van der Waals surface area contributed by atoms with Gasteiger partial charge in [0.15, 0.2) is 0 Å². The summed E-state index contributed by atoms with van der Waals surface area (Å²) >= 11 is 0. The van der Waals surface area contributed by atoms with Crippen LogP contribution in [0.1, 0.15) is 49.8 Å². The topological polar surface area (TPSA) is 21.7 Å². The first-order valence-electron chi connectivity index (χ1n) is 8.95. The van der Waals surface area contributed by atoms with Crippen LogP contribution >= 0.6 is 0 Å². The number of nitrogens with zero attached hydrogens (tertiary/aromatic N) is 1. The fourth-order valence-electron chi connectivity index (χ4n) is 4.79. The summed E-state index contributed by atoms with van der Waals surface area (Å²) in [6.07, 6.45) is 4.50. The summed E-state index contributed by atoms with van der Waals surface area (Å²) in [4.78, 5) is 2.57. The van der Waals surface area contributed by atoms with E-state index in [1.807, 2.05) is 13.0 Å². The van der Waals surface area contributed by atoms with Gasteiger partial charge in [-0.3, -0.25) is 4.90 Å². The van der Waals surface area contributed by atoms with E-state index in [9.17, 15) is 4.39 Å². The predicted molar refractivity (Wildman–Crippen MR) is 87.1 cm³/mol. The first-order chi connectivity index (χ1) is 11.2. The molecule has 0 unspecified atom stereocenters. The lowest BCUT2D eigenvalue weighted by atomic mass is 9.73. The van der Waals surface area contributed by atoms with E-state index >= 15 is 0 Å². The van der Waals surface area contributed by atoms with Crippen molar-refractivity contribution < 1.29 is 13.9 Å². The first-order valence-corrected chi connectivity index (χ1v) is 8.95. The Morgan fingerprint density at radius 2 is 2.17 bits per heavy atom. The minimum Gasteiger partial charge on any atom is -0.380 e. The van der Waals surface area contributed by atoms with Crippen LogP contribution in [0, 0.1) is 5.82 Å². The lowest BCUT2D eigenvalue weighted by Crippen LogP contribution is -2.46. The van der Waals surface area contributed by atoms with Crippen LogP contribution in [0.15, 0.2) is 18.2 Å². The molecule has 2 saturated heterocycles. The highest BCUT2D eigenvalue weighted by atomic mass is 19.1. The van der Waals surface area contributed by atoms with Gasteiger partial charge in [-0.1, -0.05) is 6.07 Å². The highest BCUT2D eigenvalue weighted by Crippen LogP contribution is 2.52. The number of hydrogen-bond acceptors (Lipinski definition) is 3. The van der Waals surface area contributed by atoms with E-state index < -0.39 is 0 Å². The zero-order valence-electron chi connectivity index (χ0n) is 13.9. The van der Waals surface area contributed by atoms with Crippen molar-refractivity contribution in [3.63, 3.8) is 0 Å². The number of benzene rings is 1. The maximum Gasteiger partial charge on any atom is 0.123 e. The molecule has 1 spiro atoms. The van der Waals surface area contributed by atoms with Crippen LogP contribution in [0.25, 0.3) is 0 Å². The second kappa shape index (κ2) is 6.15. The van der Waals surface area contributed by atoms with Gasteiger partial charge in [-0.05, 0) is 69.0 Å². The van der Waals surface area contributed by atoms with E-state index in [4.69, 9.17) is 9.47 Å². The summed E-state index contributed by atoms with van der Waals surface area (Å²) in [5.41, 5.74) is 2.52. The molecule has 3 aliphatic rings. The van der Waals surface area contributed by atoms with Gasteiger partial charge in [-0.15, -0.1) is 0 Å². The third kappa shape index (κ3) is 2.71. The molecule has 4 heteroatoms. The Labute approximate surface area is 137 Å². The van der Waals surface area contributed by atoms with E-state index in [1.165, 1.54) is 11.1 Å². The van der Waals surface area contributed by atoms with Crippen LogP contribution in [0.2, 0.25) is 0 Å². The van der Waals surface area contributed by atoms with Crippen LogP contribution in [0.3, 0.4) is 0 Å². The van der Waals surface area contributed by atoms with Gasteiger partial charge >= 0.3 is 0 Å².